The van der Waals surface area contributed by atoms with Crippen molar-refractivity contribution in [3.63, 3.8) is 0 Å². The van der Waals surface area contributed by atoms with E-state index in [2.05, 4.69) is 39.6 Å². The van der Waals surface area contributed by atoms with Crippen molar-refractivity contribution < 1.29 is 0 Å². The Balaban J connectivity index is 2.10. The summed E-state index contributed by atoms with van der Waals surface area (Å²) in [4.78, 5) is 7.60. The van der Waals surface area contributed by atoms with E-state index >= 15 is 0 Å². The molecule has 3 rings (SSSR count). The first kappa shape index (κ1) is 14.1. The standard InChI is InChI=1S/C17H18ClN3/c1-19-9-7-13(12-5-3-2-4-6-12)14-11-21-17-16(14)15(18)8-10-20-17/h2-6,8,10-11,13,19H,7,9H2,1H3,(H,20,21). The summed E-state index contributed by atoms with van der Waals surface area (Å²) >= 11 is 6.39. The minimum Gasteiger partial charge on any atom is -0.346 e. The molecule has 0 spiro atoms. The predicted octanol–water partition coefficient (Wildman–Crippen LogP) is 3.96. The van der Waals surface area contributed by atoms with Crippen molar-refractivity contribution in [2.45, 2.75) is 12.3 Å². The fourth-order valence-electron chi connectivity index (χ4n) is 2.79. The van der Waals surface area contributed by atoms with Crippen molar-refractivity contribution in [1.29, 1.82) is 0 Å². The molecule has 0 bridgehead atoms. The maximum atomic E-state index is 6.39. The lowest BCUT2D eigenvalue weighted by molar-refractivity contribution is 0.664. The summed E-state index contributed by atoms with van der Waals surface area (Å²) in [6, 6.07) is 12.4. The second-order valence-corrected chi connectivity index (χ2v) is 5.52. The smallest absolute Gasteiger partial charge is 0.139 e. The summed E-state index contributed by atoms with van der Waals surface area (Å²) in [5.41, 5.74) is 3.36. The summed E-state index contributed by atoms with van der Waals surface area (Å²) < 4.78 is 0. The van der Waals surface area contributed by atoms with Gasteiger partial charge in [0.15, 0.2) is 0 Å². The van der Waals surface area contributed by atoms with Crippen LogP contribution in [0.1, 0.15) is 23.5 Å². The molecule has 0 saturated carbocycles. The minimum absolute atomic E-state index is 0.300. The number of nitrogens with zero attached hydrogens (tertiary/aromatic N) is 1. The van der Waals surface area contributed by atoms with Crippen molar-refractivity contribution in [3.8, 4) is 0 Å². The van der Waals surface area contributed by atoms with E-state index in [0.717, 1.165) is 29.0 Å². The number of hydrogen-bond acceptors (Lipinski definition) is 2. The Morgan fingerprint density at radius 1 is 1.24 bits per heavy atom. The Morgan fingerprint density at radius 2 is 2.05 bits per heavy atom. The Labute approximate surface area is 129 Å². The van der Waals surface area contributed by atoms with Gasteiger partial charge in [-0.1, -0.05) is 41.9 Å². The van der Waals surface area contributed by atoms with Crippen LogP contribution in [-0.2, 0) is 0 Å². The fourth-order valence-corrected chi connectivity index (χ4v) is 3.05. The van der Waals surface area contributed by atoms with Crippen LogP contribution >= 0.6 is 11.6 Å². The average molecular weight is 300 g/mol. The van der Waals surface area contributed by atoms with Gasteiger partial charge in [0.25, 0.3) is 0 Å². The van der Waals surface area contributed by atoms with Gasteiger partial charge in [-0.15, -0.1) is 0 Å². The van der Waals surface area contributed by atoms with E-state index in [4.69, 9.17) is 11.6 Å². The molecule has 0 aliphatic heterocycles. The molecule has 2 N–H and O–H groups in total. The molecule has 3 aromatic rings. The molecular weight excluding hydrogens is 282 g/mol. The highest BCUT2D eigenvalue weighted by Crippen LogP contribution is 2.35. The Kier molecular flexibility index (Phi) is 4.23. The van der Waals surface area contributed by atoms with Crippen molar-refractivity contribution in [1.82, 2.24) is 15.3 Å². The van der Waals surface area contributed by atoms with Gasteiger partial charge in [-0.25, -0.2) is 4.98 Å². The second kappa shape index (κ2) is 6.29. The zero-order chi connectivity index (χ0) is 14.7. The van der Waals surface area contributed by atoms with E-state index < -0.39 is 0 Å². The Bertz CT molecular complexity index is 721. The molecule has 0 radical (unpaired) electrons. The third-order valence-electron chi connectivity index (χ3n) is 3.81. The van der Waals surface area contributed by atoms with Crippen molar-refractivity contribution in [3.05, 3.63) is 64.9 Å². The van der Waals surface area contributed by atoms with E-state index in [0.29, 0.717) is 5.92 Å². The summed E-state index contributed by atoms with van der Waals surface area (Å²) in [7, 11) is 1.98. The molecule has 1 aromatic carbocycles. The maximum absolute atomic E-state index is 6.39. The normalized spacial score (nSPS) is 12.7. The lowest BCUT2D eigenvalue weighted by Gasteiger charge is -2.17. The zero-order valence-corrected chi connectivity index (χ0v) is 12.7. The van der Waals surface area contributed by atoms with Crippen LogP contribution in [0.4, 0.5) is 0 Å². The average Bonchev–Trinajstić information content (AvgIpc) is 2.94. The van der Waals surface area contributed by atoms with Crippen LogP contribution < -0.4 is 5.32 Å². The van der Waals surface area contributed by atoms with Crippen LogP contribution in [0, 0.1) is 0 Å². The number of benzene rings is 1. The molecule has 0 fully saturated rings. The van der Waals surface area contributed by atoms with Crippen LogP contribution in [0.25, 0.3) is 11.0 Å². The summed E-state index contributed by atoms with van der Waals surface area (Å²) in [5, 5.41) is 5.02. The number of pyridine rings is 1. The lowest BCUT2D eigenvalue weighted by atomic mass is 9.88. The number of halogens is 1. The van der Waals surface area contributed by atoms with Gasteiger partial charge in [0.2, 0.25) is 0 Å². The van der Waals surface area contributed by atoms with Crippen LogP contribution in [0.2, 0.25) is 5.02 Å². The van der Waals surface area contributed by atoms with E-state index in [1.54, 1.807) is 6.20 Å². The highest BCUT2D eigenvalue weighted by atomic mass is 35.5. The molecule has 0 amide bonds. The first-order valence-corrected chi connectivity index (χ1v) is 7.50. The largest absolute Gasteiger partial charge is 0.346 e. The molecule has 1 atom stereocenters. The van der Waals surface area contributed by atoms with Crippen LogP contribution in [0.5, 0.6) is 0 Å². The highest BCUT2D eigenvalue weighted by molar-refractivity contribution is 6.35. The van der Waals surface area contributed by atoms with Crippen molar-refractivity contribution >= 4 is 22.6 Å². The van der Waals surface area contributed by atoms with Gasteiger partial charge in [-0.05, 0) is 37.2 Å². The third-order valence-corrected chi connectivity index (χ3v) is 4.13. The van der Waals surface area contributed by atoms with Gasteiger partial charge < -0.3 is 10.3 Å². The van der Waals surface area contributed by atoms with E-state index in [1.165, 1.54) is 11.1 Å². The molecule has 1 unspecified atom stereocenters. The molecule has 0 aliphatic rings. The van der Waals surface area contributed by atoms with Crippen molar-refractivity contribution in [2.24, 2.45) is 0 Å². The molecule has 4 heteroatoms. The number of rotatable bonds is 5. The van der Waals surface area contributed by atoms with Crippen LogP contribution in [-0.4, -0.2) is 23.6 Å². The molecule has 2 aromatic heterocycles. The molecule has 108 valence electrons. The lowest BCUT2D eigenvalue weighted by Crippen LogP contribution is -2.13. The van der Waals surface area contributed by atoms with Gasteiger partial charge in [0, 0.05) is 23.7 Å². The third kappa shape index (κ3) is 2.80. The molecule has 0 saturated heterocycles. The van der Waals surface area contributed by atoms with Gasteiger partial charge in [0.1, 0.15) is 5.65 Å². The monoisotopic (exact) mass is 299 g/mol. The summed E-state index contributed by atoms with van der Waals surface area (Å²) in [6.45, 7) is 0.949. The van der Waals surface area contributed by atoms with Gasteiger partial charge in [-0.2, -0.15) is 0 Å². The topological polar surface area (TPSA) is 40.7 Å². The summed E-state index contributed by atoms with van der Waals surface area (Å²) in [6.07, 6.45) is 4.78. The molecule has 21 heavy (non-hydrogen) atoms. The van der Waals surface area contributed by atoms with Gasteiger partial charge in [-0.3, -0.25) is 0 Å². The molecule has 3 nitrogen and oxygen atoms in total. The van der Waals surface area contributed by atoms with E-state index in [1.807, 2.05) is 25.4 Å². The minimum atomic E-state index is 0.300. The highest BCUT2D eigenvalue weighted by Gasteiger charge is 2.19. The molecular formula is C17H18ClN3. The Morgan fingerprint density at radius 3 is 2.81 bits per heavy atom. The Hall–Kier alpha value is -1.84. The first-order chi connectivity index (χ1) is 10.3. The van der Waals surface area contributed by atoms with Crippen LogP contribution in [0.3, 0.4) is 0 Å². The SMILES string of the molecule is CNCCC(c1ccccc1)c1c[nH]c2nccc(Cl)c12. The second-order valence-electron chi connectivity index (χ2n) is 5.12. The van der Waals surface area contributed by atoms with Gasteiger partial charge in [0.05, 0.1) is 5.02 Å². The molecule has 2 heterocycles. The number of aromatic amines is 1. The number of nitrogens with one attached hydrogen (secondary N) is 2. The van der Waals surface area contributed by atoms with Gasteiger partial charge >= 0.3 is 0 Å². The number of H-pyrrole nitrogens is 1. The number of fused-ring (bicyclic) bond motifs is 1. The zero-order valence-electron chi connectivity index (χ0n) is 11.9. The predicted molar refractivity (Wildman–Crippen MR) is 87.9 cm³/mol. The quantitative estimate of drug-likeness (QED) is 0.749. The number of hydrogen-bond donors (Lipinski definition) is 2. The number of aromatic nitrogens is 2. The molecule has 0 aliphatic carbocycles. The van der Waals surface area contributed by atoms with Crippen molar-refractivity contribution in [2.75, 3.05) is 13.6 Å². The van der Waals surface area contributed by atoms with E-state index in [-0.39, 0.29) is 0 Å². The fraction of sp³-hybridized carbons (Fsp3) is 0.235. The first-order valence-electron chi connectivity index (χ1n) is 7.12. The van der Waals surface area contributed by atoms with E-state index in [9.17, 15) is 0 Å². The maximum Gasteiger partial charge on any atom is 0.139 e. The summed E-state index contributed by atoms with van der Waals surface area (Å²) in [5.74, 6) is 0.300. The van der Waals surface area contributed by atoms with Crippen LogP contribution in [0.15, 0.2) is 48.8 Å².